The first-order valence-corrected chi connectivity index (χ1v) is 6.49. The van der Waals surface area contributed by atoms with Gasteiger partial charge in [0, 0.05) is 25.2 Å². The molecule has 1 unspecified atom stereocenters. The molecule has 5 nitrogen and oxygen atoms in total. The molecule has 1 amide bonds. The summed E-state index contributed by atoms with van der Waals surface area (Å²) in [6.45, 7) is 4.63. The molecule has 1 saturated heterocycles. The molecule has 0 aliphatic carbocycles. The van der Waals surface area contributed by atoms with E-state index < -0.39 is 0 Å². The zero-order valence-electron chi connectivity index (χ0n) is 11.0. The van der Waals surface area contributed by atoms with Crippen molar-refractivity contribution in [3.8, 4) is 0 Å². The molecule has 1 N–H and O–H groups in total. The smallest absolute Gasteiger partial charge is 0.271 e. The summed E-state index contributed by atoms with van der Waals surface area (Å²) in [5.41, 5.74) is 1.35. The topological polar surface area (TPSA) is 58.1 Å². The van der Waals surface area contributed by atoms with Gasteiger partial charge in [-0.1, -0.05) is 0 Å². The molecule has 2 rings (SSSR count). The summed E-state index contributed by atoms with van der Waals surface area (Å²) in [6, 6.07) is 0. The van der Waals surface area contributed by atoms with Crippen LogP contribution in [-0.2, 0) is 0 Å². The number of hydrogen-bond donors (Lipinski definition) is 1. The van der Waals surface area contributed by atoms with Crippen LogP contribution < -0.4 is 5.32 Å². The van der Waals surface area contributed by atoms with E-state index in [0.717, 1.165) is 25.2 Å². The van der Waals surface area contributed by atoms with E-state index in [1.807, 2.05) is 6.92 Å². The molecule has 1 atom stereocenters. The van der Waals surface area contributed by atoms with E-state index in [1.165, 1.54) is 12.6 Å². The maximum atomic E-state index is 11.7. The summed E-state index contributed by atoms with van der Waals surface area (Å²) in [6.07, 6.45) is 5.61. The normalized spacial score (nSPS) is 20.7. The van der Waals surface area contributed by atoms with Crippen molar-refractivity contribution in [3.05, 3.63) is 23.8 Å². The Hall–Kier alpha value is -1.49. The molecule has 98 valence electrons. The third-order valence-corrected chi connectivity index (χ3v) is 3.27. The molecule has 1 aromatic heterocycles. The molecule has 1 aliphatic heterocycles. The lowest BCUT2D eigenvalue weighted by atomic mass is 9.95. The average molecular weight is 248 g/mol. The molecule has 0 radical (unpaired) electrons. The van der Waals surface area contributed by atoms with E-state index in [2.05, 4.69) is 27.2 Å². The van der Waals surface area contributed by atoms with Crippen LogP contribution in [-0.4, -0.2) is 47.5 Å². The van der Waals surface area contributed by atoms with E-state index in [0.29, 0.717) is 18.2 Å². The number of likely N-dealkylation sites (N-methyl/N-ethyl adjacent to an activating group) is 1. The number of nitrogens with one attached hydrogen (secondary N) is 1. The van der Waals surface area contributed by atoms with Gasteiger partial charge in [-0.3, -0.25) is 9.78 Å². The Kier molecular flexibility index (Phi) is 4.25. The van der Waals surface area contributed by atoms with E-state index >= 15 is 0 Å². The minimum atomic E-state index is -0.143. The van der Waals surface area contributed by atoms with Gasteiger partial charge in [-0.05, 0) is 33.4 Å². The SMILES string of the molecule is CCNC(=O)c1cncc(C2CCCN(C)C2)n1. The standard InChI is InChI=1S/C13H20N4O/c1-3-15-13(18)12-8-14-7-11(16-12)10-5-4-6-17(2)9-10/h7-8,10H,3-6,9H2,1-2H3,(H,15,18). The molecule has 1 aliphatic rings. The Morgan fingerprint density at radius 3 is 3.11 bits per heavy atom. The summed E-state index contributed by atoms with van der Waals surface area (Å²) < 4.78 is 0. The van der Waals surface area contributed by atoms with Crippen molar-refractivity contribution in [1.29, 1.82) is 0 Å². The number of amides is 1. The number of hydrogen-bond acceptors (Lipinski definition) is 4. The van der Waals surface area contributed by atoms with Crippen LogP contribution in [0.1, 0.15) is 41.9 Å². The molecule has 1 aromatic rings. The van der Waals surface area contributed by atoms with Crippen molar-refractivity contribution in [2.45, 2.75) is 25.7 Å². The van der Waals surface area contributed by atoms with E-state index in [-0.39, 0.29) is 5.91 Å². The van der Waals surface area contributed by atoms with Crippen LogP contribution >= 0.6 is 0 Å². The summed E-state index contributed by atoms with van der Waals surface area (Å²) in [5.74, 6) is 0.252. The van der Waals surface area contributed by atoms with Crippen LogP contribution in [0.3, 0.4) is 0 Å². The third kappa shape index (κ3) is 3.04. The Morgan fingerprint density at radius 2 is 2.39 bits per heavy atom. The predicted molar refractivity (Wildman–Crippen MR) is 69.5 cm³/mol. The van der Waals surface area contributed by atoms with Crippen LogP contribution in [0, 0.1) is 0 Å². The number of carbonyl (C=O) groups is 1. The fourth-order valence-electron chi connectivity index (χ4n) is 2.35. The molecule has 0 saturated carbocycles. The molecule has 0 spiro atoms. The van der Waals surface area contributed by atoms with Gasteiger partial charge in [0.25, 0.3) is 5.91 Å². The maximum Gasteiger partial charge on any atom is 0.271 e. The van der Waals surface area contributed by atoms with Crippen molar-refractivity contribution in [1.82, 2.24) is 20.2 Å². The number of carbonyl (C=O) groups excluding carboxylic acids is 1. The quantitative estimate of drug-likeness (QED) is 0.868. The van der Waals surface area contributed by atoms with Gasteiger partial charge in [0.05, 0.1) is 11.9 Å². The van der Waals surface area contributed by atoms with E-state index in [9.17, 15) is 4.79 Å². The Morgan fingerprint density at radius 1 is 1.56 bits per heavy atom. The minimum absolute atomic E-state index is 0.143. The lowest BCUT2D eigenvalue weighted by Gasteiger charge is -2.29. The van der Waals surface area contributed by atoms with Crippen LogP contribution in [0.5, 0.6) is 0 Å². The summed E-state index contributed by atoms with van der Waals surface area (Å²) in [4.78, 5) is 22.6. The Balaban J connectivity index is 2.13. The molecular formula is C13H20N4O. The predicted octanol–water partition coefficient (Wildman–Crippen LogP) is 1.04. The average Bonchev–Trinajstić information content (AvgIpc) is 2.39. The first-order chi connectivity index (χ1) is 8.70. The molecule has 2 heterocycles. The maximum absolute atomic E-state index is 11.7. The lowest BCUT2D eigenvalue weighted by molar-refractivity contribution is 0.0950. The van der Waals surface area contributed by atoms with Crippen molar-refractivity contribution >= 4 is 5.91 Å². The highest BCUT2D eigenvalue weighted by Gasteiger charge is 2.21. The highest BCUT2D eigenvalue weighted by molar-refractivity contribution is 5.91. The van der Waals surface area contributed by atoms with E-state index in [1.54, 1.807) is 6.20 Å². The van der Waals surface area contributed by atoms with Crippen molar-refractivity contribution in [2.24, 2.45) is 0 Å². The first kappa shape index (κ1) is 13.0. The molecule has 0 bridgehead atoms. The largest absolute Gasteiger partial charge is 0.351 e. The second-order valence-corrected chi connectivity index (χ2v) is 4.79. The van der Waals surface area contributed by atoms with Gasteiger partial charge in [-0.25, -0.2) is 4.98 Å². The zero-order chi connectivity index (χ0) is 13.0. The van der Waals surface area contributed by atoms with Gasteiger partial charge in [0.15, 0.2) is 0 Å². The number of nitrogens with zero attached hydrogens (tertiary/aromatic N) is 3. The van der Waals surface area contributed by atoms with Gasteiger partial charge in [0.1, 0.15) is 5.69 Å². The summed E-state index contributed by atoms with van der Waals surface area (Å²) in [7, 11) is 2.12. The van der Waals surface area contributed by atoms with Crippen LogP contribution in [0.25, 0.3) is 0 Å². The Labute approximate surface area is 108 Å². The van der Waals surface area contributed by atoms with Crippen LogP contribution in [0.15, 0.2) is 12.4 Å². The van der Waals surface area contributed by atoms with Gasteiger partial charge >= 0.3 is 0 Å². The highest BCUT2D eigenvalue weighted by Crippen LogP contribution is 2.24. The fourth-order valence-corrected chi connectivity index (χ4v) is 2.35. The number of aromatic nitrogens is 2. The number of rotatable bonds is 3. The van der Waals surface area contributed by atoms with Gasteiger partial charge in [-0.2, -0.15) is 0 Å². The molecule has 18 heavy (non-hydrogen) atoms. The molecular weight excluding hydrogens is 228 g/mol. The third-order valence-electron chi connectivity index (χ3n) is 3.27. The van der Waals surface area contributed by atoms with Gasteiger partial charge in [-0.15, -0.1) is 0 Å². The fraction of sp³-hybridized carbons (Fsp3) is 0.615. The van der Waals surface area contributed by atoms with Crippen molar-refractivity contribution < 1.29 is 4.79 Å². The molecule has 5 heteroatoms. The molecule has 1 fully saturated rings. The van der Waals surface area contributed by atoms with Crippen molar-refractivity contribution in [3.63, 3.8) is 0 Å². The van der Waals surface area contributed by atoms with Gasteiger partial charge < -0.3 is 10.2 Å². The monoisotopic (exact) mass is 248 g/mol. The highest BCUT2D eigenvalue weighted by atomic mass is 16.1. The van der Waals surface area contributed by atoms with E-state index in [4.69, 9.17) is 0 Å². The van der Waals surface area contributed by atoms with Crippen LogP contribution in [0.4, 0.5) is 0 Å². The van der Waals surface area contributed by atoms with Crippen molar-refractivity contribution in [2.75, 3.05) is 26.7 Å². The molecule has 0 aromatic carbocycles. The first-order valence-electron chi connectivity index (χ1n) is 6.49. The lowest BCUT2D eigenvalue weighted by Crippen LogP contribution is -2.32. The van der Waals surface area contributed by atoms with Gasteiger partial charge in [0.2, 0.25) is 0 Å². The summed E-state index contributed by atoms with van der Waals surface area (Å²) >= 11 is 0. The van der Waals surface area contributed by atoms with Crippen LogP contribution in [0.2, 0.25) is 0 Å². The second kappa shape index (κ2) is 5.91. The number of likely N-dealkylation sites (tertiary alicyclic amines) is 1. The second-order valence-electron chi connectivity index (χ2n) is 4.79. The number of piperidine rings is 1. The minimum Gasteiger partial charge on any atom is -0.351 e. The Bertz CT molecular complexity index is 421. The zero-order valence-corrected chi connectivity index (χ0v) is 11.0. The summed E-state index contributed by atoms with van der Waals surface area (Å²) in [5, 5.41) is 2.75.